The zero-order valence-corrected chi connectivity index (χ0v) is 15.3. The minimum Gasteiger partial charge on any atom is -0.491 e. The molecule has 2 aromatic rings. The van der Waals surface area contributed by atoms with Gasteiger partial charge in [-0.3, -0.25) is 4.79 Å². The normalized spacial score (nSPS) is 19.5. The highest BCUT2D eigenvalue weighted by Crippen LogP contribution is 2.37. The van der Waals surface area contributed by atoms with Gasteiger partial charge in [-0.05, 0) is 64.3 Å². The minimum absolute atomic E-state index is 0.0959. The first-order chi connectivity index (χ1) is 12.6. The number of nitrogens with zero attached hydrogens (tertiary/aromatic N) is 1. The van der Waals surface area contributed by atoms with Gasteiger partial charge in [0.15, 0.2) is 0 Å². The van der Waals surface area contributed by atoms with E-state index in [2.05, 4.69) is 15.8 Å². The molecule has 1 aliphatic carbocycles. The number of ether oxygens (including phenoxy) is 1. The van der Waals surface area contributed by atoms with Gasteiger partial charge in [-0.25, -0.2) is 0 Å². The van der Waals surface area contributed by atoms with Crippen LogP contribution in [0.25, 0.3) is 11.1 Å². The van der Waals surface area contributed by atoms with Crippen LogP contribution in [0.2, 0.25) is 0 Å². The molecule has 0 bridgehead atoms. The summed E-state index contributed by atoms with van der Waals surface area (Å²) >= 11 is 0. The molecular weight excluding hydrogens is 330 g/mol. The second-order valence-electron chi connectivity index (χ2n) is 7.28. The molecule has 6 nitrogen and oxygen atoms in total. The molecule has 4 rings (SSSR count). The highest BCUT2D eigenvalue weighted by molar-refractivity contribution is 5.95. The maximum atomic E-state index is 12.1. The zero-order chi connectivity index (χ0) is 18.1. The van der Waals surface area contributed by atoms with Crippen LogP contribution < -0.4 is 15.4 Å². The predicted molar refractivity (Wildman–Crippen MR) is 99.3 cm³/mol. The number of aromatic nitrogens is 1. The van der Waals surface area contributed by atoms with Gasteiger partial charge in [-0.1, -0.05) is 5.16 Å². The molecule has 1 aromatic carbocycles. The van der Waals surface area contributed by atoms with E-state index in [0.29, 0.717) is 12.6 Å². The lowest BCUT2D eigenvalue weighted by Crippen LogP contribution is -2.28. The van der Waals surface area contributed by atoms with Crippen molar-refractivity contribution >= 4 is 11.6 Å². The molecule has 1 saturated heterocycles. The summed E-state index contributed by atoms with van der Waals surface area (Å²) in [6.45, 7) is 5.50. The Labute approximate surface area is 153 Å². The van der Waals surface area contributed by atoms with Crippen molar-refractivity contribution in [3.63, 3.8) is 0 Å². The summed E-state index contributed by atoms with van der Waals surface area (Å²) < 4.78 is 11.5. The summed E-state index contributed by atoms with van der Waals surface area (Å²) in [4.78, 5) is 12.1. The average molecular weight is 355 g/mol. The molecule has 1 atom stereocenters. The fourth-order valence-corrected chi connectivity index (χ4v) is 3.48. The van der Waals surface area contributed by atoms with E-state index in [1.54, 1.807) is 0 Å². The Morgan fingerprint density at radius 3 is 2.85 bits per heavy atom. The van der Waals surface area contributed by atoms with Gasteiger partial charge in [0, 0.05) is 23.2 Å². The van der Waals surface area contributed by atoms with Crippen molar-refractivity contribution in [2.75, 3.05) is 18.5 Å². The quantitative estimate of drug-likeness (QED) is 0.830. The molecule has 1 aliphatic heterocycles. The van der Waals surface area contributed by atoms with E-state index in [-0.39, 0.29) is 11.8 Å². The number of anilines is 1. The van der Waals surface area contributed by atoms with Crippen molar-refractivity contribution in [1.82, 2.24) is 10.5 Å². The van der Waals surface area contributed by atoms with Crippen molar-refractivity contribution < 1.29 is 14.1 Å². The first kappa shape index (κ1) is 17.1. The fraction of sp³-hybridized carbons (Fsp3) is 0.500. The predicted octanol–water partition coefficient (Wildman–Crippen LogP) is 3.44. The van der Waals surface area contributed by atoms with Crippen molar-refractivity contribution in [2.24, 2.45) is 5.92 Å². The van der Waals surface area contributed by atoms with Gasteiger partial charge < -0.3 is 19.9 Å². The minimum atomic E-state index is 0.0959. The SMILES string of the molecule is Cc1noc(C)c1-c1cc(NC(=O)C2CC2)ccc1OCC1CCCN1. The summed E-state index contributed by atoms with van der Waals surface area (Å²) in [5.41, 5.74) is 3.44. The van der Waals surface area contributed by atoms with Crippen LogP contribution in [-0.4, -0.2) is 30.3 Å². The molecule has 26 heavy (non-hydrogen) atoms. The third kappa shape index (κ3) is 3.60. The Balaban J connectivity index is 1.62. The van der Waals surface area contributed by atoms with Crippen molar-refractivity contribution in [1.29, 1.82) is 0 Å². The maximum Gasteiger partial charge on any atom is 0.227 e. The molecule has 6 heteroatoms. The molecule has 2 heterocycles. The first-order valence-corrected chi connectivity index (χ1v) is 9.36. The van der Waals surface area contributed by atoms with Crippen LogP contribution in [0.4, 0.5) is 5.69 Å². The number of aryl methyl sites for hydroxylation is 2. The van der Waals surface area contributed by atoms with E-state index in [1.165, 1.54) is 6.42 Å². The van der Waals surface area contributed by atoms with E-state index in [1.807, 2.05) is 32.0 Å². The van der Waals surface area contributed by atoms with Gasteiger partial charge in [0.05, 0.1) is 11.3 Å². The smallest absolute Gasteiger partial charge is 0.227 e. The largest absolute Gasteiger partial charge is 0.491 e. The molecular formula is C20H25N3O3. The fourth-order valence-electron chi connectivity index (χ4n) is 3.48. The van der Waals surface area contributed by atoms with Crippen molar-refractivity contribution in [2.45, 2.75) is 45.6 Å². The molecule has 138 valence electrons. The third-order valence-electron chi connectivity index (χ3n) is 5.10. The van der Waals surface area contributed by atoms with E-state index in [4.69, 9.17) is 9.26 Å². The molecule has 2 fully saturated rings. The van der Waals surface area contributed by atoms with E-state index in [9.17, 15) is 4.79 Å². The molecule has 0 spiro atoms. The summed E-state index contributed by atoms with van der Waals surface area (Å²) in [7, 11) is 0. The van der Waals surface area contributed by atoms with E-state index >= 15 is 0 Å². The molecule has 1 aromatic heterocycles. The highest BCUT2D eigenvalue weighted by atomic mass is 16.5. The molecule has 0 radical (unpaired) electrons. The highest BCUT2D eigenvalue weighted by Gasteiger charge is 2.30. The summed E-state index contributed by atoms with van der Waals surface area (Å²) in [6.07, 6.45) is 4.29. The number of rotatable bonds is 6. The molecule has 1 saturated carbocycles. The van der Waals surface area contributed by atoms with Gasteiger partial charge in [-0.15, -0.1) is 0 Å². The van der Waals surface area contributed by atoms with Crippen LogP contribution in [0.3, 0.4) is 0 Å². The number of nitrogens with one attached hydrogen (secondary N) is 2. The average Bonchev–Trinajstić information content (AvgIpc) is 3.26. The van der Waals surface area contributed by atoms with Crippen LogP contribution in [0.5, 0.6) is 5.75 Å². The van der Waals surface area contributed by atoms with Crippen LogP contribution in [0.15, 0.2) is 22.7 Å². The first-order valence-electron chi connectivity index (χ1n) is 9.36. The van der Waals surface area contributed by atoms with Gasteiger partial charge in [-0.2, -0.15) is 0 Å². The van der Waals surface area contributed by atoms with Gasteiger partial charge in [0.25, 0.3) is 0 Å². The molecule has 1 amide bonds. The van der Waals surface area contributed by atoms with Gasteiger partial charge in [0.1, 0.15) is 18.1 Å². The number of hydrogen-bond donors (Lipinski definition) is 2. The monoisotopic (exact) mass is 355 g/mol. The van der Waals surface area contributed by atoms with Crippen LogP contribution in [0, 0.1) is 19.8 Å². The van der Waals surface area contributed by atoms with Crippen LogP contribution >= 0.6 is 0 Å². The number of carbonyl (C=O) groups is 1. The second-order valence-corrected chi connectivity index (χ2v) is 7.28. The summed E-state index contributed by atoms with van der Waals surface area (Å²) in [5.74, 6) is 1.80. The second kappa shape index (κ2) is 7.11. The van der Waals surface area contributed by atoms with E-state index in [0.717, 1.165) is 59.8 Å². The lowest BCUT2D eigenvalue weighted by atomic mass is 10.0. The van der Waals surface area contributed by atoms with Crippen LogP contribution in [0.1, 0.15) is 37.1 Å². The maximum absolute atomic E-state index is 12.1. The Kier molecular flexibility index (Phi) is 4.68. The summed E-state index contributed by atoms with van der Waals surface area (Å²) in [5, 5.41) is 10.5. The van der Waals surface area contributed by atoms with Crippen molar-refractivity contribution in [3.05, 3.63) is 29.7 Å². The lowest BCUT2D eigenvalue weighted by Gasteiger charge is -2.16. The zero-order valence-electron chi connectivity index (χ0n) is 15.3. The van der Waals surface area contributed by atoms with E-state index < -0.39 is 0 Å². The lowest BCUT2D eigenvalue weighted by molar-refractivity contribution is -0.117. The van der Waals surface area contributed by atoms with Crippen molar-refractivity contribution in [3.8, 4) is 16.9 Å². The standard InChI is InChI=1S/C20H25N3O3/c1-12-19(13(2)26-23-12)17-10-15(22-20(24)14-5-6-14)7-8-18(17)25-11-16-4-3-9-21-16/h7-8,10,14,16,21H,3-6,9,11H2,1-2H3,(H,22,24). The molecule has 1 unspecified atom stereocenters. The Hall–Kier alpha value is -2.34. The number of carbonyl (C=O) groups excluding carboxylic acids is 1. The number of amides is 1. The van der Waals surface area contributed by atoms with Crippen LogP contribution in [-0.2, 0) is 4.79 Å². The Morgan fingerprint density at radius 1 is 1.35 bits per heavy atom. The Morgan fingerprint density at radius 2 is 2.19 bits per heavy atom. The van der Waals surface area contributed by atoms with Gasteiger partial charge in [0.2, 0.25) is 5.91 Å². The number of benzene rings is 1. The summed E-state index contributed by atoms with van der Waals surface area (Å²) in [6, 6.07) is 6.18. The number of hydrogen-bond acceptors (Lipinski definition) is 5. The topological polar surface area (TPSA) is 76.4 Å². The van der Waals surface area contributed by atoms with Gasteiger partial charge >= 0.3 is 0 Å². The molecule has 2 N–H and O–H groups in total. The molecule has 2 aliphatic rings. The third-order valence-corrected chi connectivity index (χ3v) is 5.10. The Bertz CT molecular complexity index is 785.